The van der Waals surface area contributed by atoms with Crippen molar-refractivity contribution >= 4 is 0 Å². The second-order valence-electron chi connectivity index (χ2n) is 9.57. The zero-order valence-corrected chi connectivity index (χ0v) is 16.0. The molecule has 0 bridgehead atoms. The van der Waals surface area contributed by atoms with Gasteiger partial charge in [-0.25, -0.2) is 9.13 Å². The fourth-order valence-electron chi connectivity index (χ4n) is 3.21. The van der Waals surface area contributed by atoms with Crippen LogP contribution in [0.1, 0.15) is 82.1 Å². The van der Waals surface area contributed by atoms with Gasteiger partial charge in [0, 0.05) is 5.41 Å². The van der Waals surface area contributed by atoms with Crippen LogP contribution in [0.3, 0.4) is 0 Å². The van der Waals surface area contributed by atoms with E-state index in [4.69, 9.17) is 0 Å². The first-order chi connectivity index (χ1) is 9.23. The summed E-state index contributed by atoms with van der Waals surface area (Å²) in [5.74, 6) is 0. The van der Waals surface area contributed by atoms with Gasteiger partial charge < -0.3 is 0 Å². The number of imidazole rings is 1. The minimum absolute atomic E-state index is 0.102. The molecule has 1 heterocycles. The van der Waals surface area contributed by atoms with E-state index in [0.717, 1.165) is 6.42 Å². The third kappa shape index (κ3) is 3.90. The Hall–Kier alpha value is -0.790. The molecule has 0 N–H and O–H groups in total. The van der Waals surface area contributed by atoms with E-state index >= 15 is 0 Å². The highest BCUT2D eigenvalue weighted by Crippen LogP contribution is 2.36. The summed E-state index contributed by atoms with van der Waals surface area (Å²) in [4.78, 5) is 0. The Morgan fingerprint density at radius 3 is 1.86 bits per heavy atom. The monoisotopic (exact) mass is 293 g/mol. The quantitative estimate of drug-likeness (QED) is 0.666. The Bertz CT molecular complexity index is 470. The summed E-state index contributed by atoms with van der Waals surface area (Å²) in [6.45, 7) is 23.3. The number of nitrogens with zero attached hydrogens (tertiary/aromatic N) is 2. The van der Waals surface area contributed by atoms with Crippen LogP contribution in [0.5, 0.6) is 0 Å². The Morgan fingerprint density at radius 1 is 0.905 bits per heavy atom. The molecule has 1 aromatic heterocycles. The number of rotatable bonds is 5. The average molecular weight is 294 g/mol. The largest absolute Gasteiger partial charge is 0.244 e. The molecular weight excluding hydrogens is 256 g/mol. The lowest BCUT2D eigenvalue weighted by molar-refractivity contribution is -0.772. The average Bonchev–Trinajstić information content (AvgIpc) is 2.75. The minimum Gasteiger partial charge on any atom is -0.232 e. The molecule has 0 aromatic carbocycles. The molecule has 0 saturated carbocycles. The maximum Gasteiger partial charge on any atom is 0.244 e. The van der Waals surface area contributed by atoms with Gasteiger partial charge >= 0.3 is 0 Å². The van der Waals surface area contributed by atoms with Crippen LogP contribution in [0.2, 0.25) is 0 Å². The molecule has 0 aliphatic heterocycles. The Morgan fingerprint density at radius 2 is 1.43 bits per heavy atom. The molecule has 21 heavy (non-hydrogen) atoms. The summed E-state index contributed by atoms with van der Waals surface area (Å²) < 4.78 is 4.77. The lowest BCUT2D eigenvalue weighted by atomic mass is 9.72. The highest BCUT2D eigenvalue weighted by atomic mass is 15.2. The van der Waals surface area contributed by atoms with Crippen LogP contribution in [0.4, 0.5) is 0 Å². The molecule has 0 saturated heterocycles. The van der Waals surface area contributed by atoms with E-state index in [9.17, 15) is 0 Å². The van der Waals surface area contributed by atoms with Gasteiger partial charge in [-0.15, -0.1) is 0 Å². The standard InChI is InChI=1S/C19H37N2/c1-11-17(5,6)19(9,10)21-13-12-20(15-21)18(7,8)14-16(2,3)4/h12-13,15H,11,14H2,1-10H3/q+1. The first kappa shape index (κ1) is 18.3. The summed E-state index contributed by atoms with van der Waals surface area (Å²) in [6.07, 6.45) is 9.10. The van der Waals surface area contributed by atoms with E-state index in [1.54, 1.807) is 0 Å². The summed E-state index contributed by atoms with van der Waals surface area (Å²) in [5, 5.41) is 0. The van der Waals surface area contributed by atoms with Crippen molar-refractivity contribution in [2.45, 2.75) is 93.2 Å². The van der Waals surface area contributed by atoms with Crippen molar-refractivity contribution in [3.63, 3.8) is 0 Å². The topological polar surface area (TPSA) is 8.81 Å². The Kier molecular flexibility index (Phi) is 4.73. The molecule has 2 heteroatoms. The van der Waals surface area contributed by atoms with E-state index < -0.39 is 0 Å². The molecule has 1 rings (SSSR count). The Balaban J connectivity index is 3.12. The fourth-order valence-corrected chi connectivity index (χ4v) is 3.21. The van der Waals surface area contributed by atoms with E-state index in [1.165, 1.54) is 6.42 Å². The molecule has 0 unspecified atom stereocenters. The molecule has 0 aliphatic rings. The fraction of sp³-hybridized carbons (Fsp3) is 0.842. The zero-order valence-electron chi connectivity index (χ0n) is 16.0. The van der Waals surface area contributed by atoms with Gasteiger partial charge in [-0.2, -0.15) is 0 Å². The molecule has 122 valence electrons. The third-order valence-electron chi connectivity index (χ3n) is 5.48. The van der Waals surface area contributed by atoms with Crippen LogP contribution >= 0.6 is 0 Å². The molecule has 0 amide bonds. The van der Waals surface area contributed by atoms with Crippen LogP contribution in [0.15, 0.2) is 18.7 Å². The van der Waals surface area contributed by atoms with Crippen LogP contribution in [-0.2, 0) is 11.1 Å². The van der Waals surface area contributed by atoms with Crippen molar-refractivity contribution in [3.05, 3.63) is 18.7 Å². The number of hydrogen-bond acceptors (Lipinski definition) is 0. The zero-order chi connectivity index (χ0) is 16.7. The van der Waals surface area contributed by atoms with E-state index in [2.05, 4.69) is 97.1 Å². The van der Waals surface area contributed by atoms with Crippen molar-refractivity contribution in [1.29, 1.82) is 0 Å². The molecule has 0 radical (unpaired) electrons. The maximum absolute atomic E-state index is 2.39. The molecule has 0 spiro atoms. The first-order valence-electron chi connectivity index (χ1n) is 8.33. The van der Waals surface area contributed by atoms with Gasteiger partial charge in [0.2, 0.25) is 6.33 Å². The smallest absolute Gasteiger partial charge is 0.232 e. The summed E-state index contributed by atoms with van der Waals surface area (Å²) in [7, 11) is 0. The Labute approximate surface area is 132 Å². The lowest BCUT2D eigenvalue weighted by Crippen LogP contribution is -2.59. The van der Waals surface area contributed by atoms with Crippen LogP contribution in [0, 0.1) is 10.8 Å². The summed E-state index contributed by atoms with van der Waals surface area (Å²) >= 11 is 0. The first-order valence-corrected chi connectivity index (χ1v) is 8.33. The van der Waals surface area contributed by atoms with Gasteiger partial charge in [0.25, 0.3) is 0 Å². The minimum atomic E-state index is 0.102. The van der Waals surface area contributed by atoms with Crippen molar-refractivity contribution in [3.8, 4) is 0 Å². The van der Waals surface area contributed by atoms with Crippen LogP contribution in [0.25, 0.3) is 0 Å². The maximum atomic E-state index is 2.39. The highest BCUT2D eigenvalue weighted by Gasteiger charge is 2.42. The second kappa shape index (κ2) is 5.44. The normalized spacial score (nSPS) is 14.6. The molecule has 0 aliphatic carbocycles. The van der Waals surface area contributed by atoms with Gasteiger partial charge in [0.05, 0.1) is 0 Å². The van der Waals surface area contributed by atoms with E-state index in [1.807, 2.05) is 0 Å². The van der Waals surface area contributed by atoms with Crippen LogP contribution < -0.4 is 4.57 Å². The molecule has 2 nitrogen and oxygen atoms in total. The van der Waals surface area contributed by atoms with Gasteiger partial charge in [-0.1, -0.05) is 41.5 Å². The third-order valence-corrected chi connectivity index (χ3v) is 5.48. The lowest BCUT2D eigenvalue weighted by Gasteiger charge is -2.38. The molecular formula is C19H37N2+. The number of aromatic nitrogens is 2. The van der Waals surface area contributed by atoms with Crippen molar-refractivity contribution < 1.29 is 4.57 Å². The highest BCUT2D eigenvalue weighted by molar-refractivity contribution is 4.88. The van der Waals surface area contributed by atoms with Gasteiger partial charge in [-0.3, -0.25) is 0 Å². The predicted molar refractivity (Wildman–Crippen MR) is 91.4 cm³/mol. The number of hydrogen-bond donors (Lipinski definition) is 0. The van der Waals surface area contributed by atoms with Gasteiger partial charge in [-0.05, 0) is 46.0 Å². The summed E-state index contributed by atoms with van der Waals surface area (Å²) in [5.41, 5.74) is 0.829. The SMILES string of the molecule is CCC(C)(C)C(C)(C)[n+]1ccn(C(C)(C)CC(C)(C)C)c1. The van der Waals surface area contributed by atoms with E-state index in [-0.39, 0.29) is 16.5 Å². The van der Waals surface area contributed by atoms with Gasteiger partial charge in [0.1, 0.15) is 23.5 Å². The van der Waals surface area contributed by atoms with Crippen molar-refractivity contribution in [2.75, 3.05) is 0 Å². The van der Waals surface area contributed by atoms with E-state index in [0.29, 0.717) is 5.41 Å². The van der Waals surface area contributed by atoms with Crippen LogP contribution in [-0.4, -0.2) is 4.57 Å². The molecule has 0 atom stereocenters. The predicted octanol–water partition coefficient (Wildman–Crippen LogP) is 5.12. The van der Waals surface area contributed by atoms with Crippen molar-refractivity contribution in [2.24, 2.45) is 10.8 Å². The summed E-state index contributed by atoms with van der Waals surface area (Å²) in [6, 6.07) is 0. The molecule has 1 aromatic rings. The van der Waals surface area contributed by atoms with Crippen molar-refractivity contribution in [1.82, 2.24) is 4.57 Å². The van der Waals surface area contributed by atoms with Gasteiger partial charge in [0.15, 0.2) is 0 Å². The molecule has 0 fully saturated rings. The second-order valence-corrected chi connectivity index (χ2v) is 9.57.